The molecule has 0 aromatic heterocycles. The van der Waals surface area contributed by atoms with Crippen LogP contribution in [-0.4, -0.2) is 43.6 Å². The quantitative estimate of drug-likeness (QED) is 0.450. The van der Waals surface area contributed by atoms with Gasteiger partial charge in [0.05, 0.1) is 36.3 Å². The molecule has 1 aromatic carbocycles. The Bertz CT molecular complexity index is 503. The Morgan fingerprint density at radius 3 is 2.71 bits per heavy atom. The molecule has 1 aromatic rings. The van der Waals surface area contributed by atoms with Crippen molar-refractivity contribution in [2.24, 2.45) is 0 Å². The molecule has 1 atom stereocenters. The minimum Gasteiger partial charge on any atom is -0.496 e. The van der Waals surface area contributed by atoms with Crippen molar-refractivity contribution < 1.29 is 19.2 Å². The minimum atomic E-state index is -0.550. The number of nitro benzene ring substituents is 1. The maximum absolute atomic E-state index is 12.2. The highest BCUT2D eigenvalue weighted by Crippen LogP contribution is 2.24. The van der Waals surface area contributed by atoms with Gasteiger partial charge in [-0.1, -0.05) is 0 Å². The van der Waals surface area contributed by atoms with Gasteiger partial charge in [0.15, 0.2) is 0 Å². The smallest absolute Gasteiger partial charge is 0.273 e. The molecule has 0 aliphatic rings. The van der Waals surface area contributed by atoms with Gasteiger partial charge in [-0.05, 0) is 12.5 Å². The van der Waals surface area contributed by atoms with Gasteiger partial charge < -0.3 is 14.8 Å². The zero-order chi connectivity index (χ0) is 15.8. The van der Waals surface area contributed by atoms with Crippen LogP contribution in [0.1, 0.15) is 16.8 Å². The fourth-order valence-electron chi connectivity index (χ4n) is 1.77. The molecule has 7 nitrogen and oxygen atoms in total. The number of rotatable bonds is 8. The van der Waals surface area contributed by atoms with Gasteiger partial charge in [-0.3, -0.25) is 14.9 Å². The normalized spacial score (nSPS) is 11.8. The van der Waals surface area contributed by atoms with Gasteiger partial charge in [0.25, 0.3) is 11.6 Å². The van der Waals surface area contributed by atoms with Crippen LogP contribution in [0.15, 0.2) is 18.2 Å². The summed E-state index contributed by atoms with van der Waals surface area (Å²) in [7, 11) is 2.88. The number of carbonyl (C=O) groups is 1. The van der Waals surface area contributed by atoms with Gasteiger partial charge >= 0.3 is 0 Å². The van der Waals surface area contributed by atoms with Crippen molar-refractivity contribution in [2.45, 2.75) is 12.5 Å². The van der Waals surface area contributed by atoms with Gasteiger partial charge in [0.1, 0.15) is 5.75 Å². The molecular formula is C13H17ClN2O5. The second kappa shape index (κ2) is 8.43. The standard InChI is InChI=1S/C13H17ClN2O5/c1-20-8-9(5-6-14)15-13(17)11-4-3-10(16(18)19)7-12(11)21-2/h3-4,7,9H,5-6,8H2,1-2H3,(H,15,17). The third kappa shape index (κ3) is 4.87. The Kier molecular flexibility index (Phi) is 6.90. The topological polar surface area (TPSA) is 90.7 Å². The Morgan fingerprint density at radius 2 is 2.19 bits per heavy atom. The highest BCUT2D eigenvalue weighted by atomic mass is 35.5. The molecule has 1 amide bonds. The lowest BCUT2D eigenvalue weighted by Crippen LogP contribution is -2.38. The highest BCUT2D eigenvalue weighted by molar-refractivity contribution is 6.17. The van der Waals surface area contributed by atoms with Crippen molar-refractivity contribution >= 4 is 23.2 Å². The number of alkyl halides is 1. The third-order valence-corrected chi connectivity index (χ3v) is 3.02. The molecule has 0 aliphatic carbocycles. The van der Waals surface area contributed by atoms with Crippen LogP contribution in [0.25, 0.3) is 0 Å². The first-order chi connectivity index (χ1) is 10.0. The average Bonchev–Trinajstić information content (AvgIpc) is 2.46. The second-order valence-corrected chi connectivity index (χ2v) is 4.62. The van der Waals surface area contributed by atoms with Crippen LogP contribution >= 0.6 is 11.6 Å². The molecule has 0 saturated heterocycles. The van der Waals surface area contributed by atoms with Gasteiger partial charge in [0.2, 0.25) is 0 Å². The monoisotopic (exact) mass is 316 g/mol. The summed E-state index contributed by atoms with van der Waals surface area (Å²) in [6.45, 7) is 0.327. The number of amides is 1. The van der Waals surface area contributed by atoms with Crippen LogP contribution < -0.4 is 10.1 Å². The molecule has 0 heterocycles. The molecule has 0 fully saturated rings. The number of methoxy groups -OCH3 is 2. The number of hydrogen-bond donors (Lipinski definition) is 1. The average molecular weight is 317 g/mol. The number of nitrogens with zero attached hydrogens (tertiary/aromatic N) is 1. The minimum absolute atomic E-state index is 0.141. The third-order valence-electron chi connectivity index (χ3n) is 2.80. The van der Waals surface area contributed by atoms with E-state index in [4.69, 9.17) is 21.1 Å². The Balaban J connectivity index is 2.92. The fraction of sp³-hybridized carbons (Fsp3) is 0.462. The van der Waals surface area contributed by atoms with Crippen LogP contribution in [0.2, 0.25) is 0 Å². The van der Waals surface area contributed by atoms with E-state index in [1.54, 1.807) is 0 Å². The Hall–Kier alpha value is -1.86. The van der Waals surface area contributed by atoms with Crippen molar-refractivity contribution in [3.8, 4) is 5.75 Å². The van der Waals surface area contributed by atoms with Crippen LogP contribution in [-0.2, 0) is 4.74 Å². The van der Waals surface area contributed by atoms with Gasteiger partial charge in [0, 0.05) is 19.1 Å². The summed E-state index contributed by atoms with van der Waals surface area (Å²) in [6, 6.07) is 3.59. The zero-order valence-corrected chi connectivity index (χ0v) is 12.6. The van der Waals surface area contributed by atoms with Crippen molar-refractivity contribution in [1.29, 1.82) is 0 Å². The first-order valence-corrected chi connectivity index (χ1v) is 6.75. The molecule has 1 N–H and O–H groups in total. The summed E-state index contributed by atoms with van der Waals surface area (Å²) in [6.07, 6.45) is 0.552. The lowest BCUT2D eigenvalue weighted by atomic mass is 10.1. The highest BCUT2D eigenvalue weighted by Gasteiger charge is 2.19. The van der Waals surface area contributed by atoms with E-state index in [2.05, 4.69) is 5.32 Å². The predicted molar refractivity (Wildman–Crippen MR) is 78.1 cm³/mol. The number of non-ortho nitro benzene ring substituents is 1. The summed E-state index contributed by atoms with van der Waals surface area (Å²) in [4.78, 5) is 22.4. The van der Waals surface area contributed by atoms with E-state index in [1.807, 2.05) is 0 Å². The molecule has 1 rings (SSSR count). The molecule has 0 bridgehead atoms. The summed E-state index contributed by atoms with van der Waals surface area (Å²) >= 11 is 5.67. The summed E-state index contributed by atoms with van der Waals surface area (Å²) in [5.41, 5.74) is 0.0800. The van der Waals surface area contributed by atoms with Crippen LogP contribution in [0.4, 0.5) is 5.69 Å². The number of nitro groups is 1. The molecule has 0 radical (unpaired) electrons. The van der Waals surface area contributed by atoms with Crippen molar-refractivity contribution in [2.75, 3.05) is 26.7 Å². The van der Waals surface area contributed by atoms with Crippen LogP contribution in [0.3, 0.4) is 0 Å². The number of halogens is 1. The number of benzene rings is 1. The van der Waals surface area contributed by atoms with Crippen LogP contribution in [0.5, 0.6) is 5.75 Å². The molecule has 0 aliphatic heterocycles. The summed E-state index contributed by atoms with van der Waals surface area (Å²) in [5, 5.41) is 13.5. The van der Waals surface area contributed by atoms with E-state index in [0.29, 0.717) is 18.9 Å². The first kappa shape index (κ1) is 17.2. The largest absolute Gasteiger partial charge is 0.496 e. The number of hydrogen-bond acceptors (Lipinski definition) is 5. The molecular weight excluding hydrogens is 300 g/mol. The number of carbonyl (C=O) groups excluding carboxylic acids is 1. The Morgan fingerprint density at radius 1 is 1.48 bits per heavy atom. The summed E-state index contributed by atoms with van der Waals surface area (Å²) in [5.74, 6) is 0.128. The van der Waals surface area contributed by atoms with E-state index in [-0.39, 0.29) is 23.0 Å². The number of nitrogens with one attached hydrogen (secondary N) is 1. The maximum atomic E-state index is 12.2. The first-order valence-electron chi connectivity index (χ1n) is 6.21. The predicted octanol–water partition coefficient (Wildman–Crippen LogP) is 1.98. The second-order valence-electron chi connectivity index (χ2n) is 4.25. The van der Waals surface area contributed by atoms with E-state index in [9.17, 15) is 14.9 Å². The van der Waals surface area contributed by atoms with Crippen molar-refractivity contribution in [1.82, 2.24) is 5.32 Å². The van der Waals surface area contributed by atoms with E-state index < -0.39 is 10.8 Å². The maximum Gasteiger partial charge on any atom is 0.273 e. The van der Waals surface area contributed by atoms with Gasteiger partial charge in [-0.2, -0.15) is 0 Å². The lowest BCUT2D eigenvalue weighted by molar-refractivity contribution is -0.384. The lowest BCUT2D eigenvalue weighted by Gasteiger charge is -2.17. The van der Waals surface area contributed by atoms with Gasteiger partial charge in [-0.25, -0.2) is 0 Å². The molecule has 0 spiro atoms. The van der Waals surface area contributed by atoms with Crippen molar-refractivity contribution in [3.63, 3.8) is 0 Å². The molecule has 1 unspecified atom stereocenters. The SMILES string of the molecule is COCC(CCCl)NC(=O)c1ccc([N+](=O)[O-])cc1OC. The summed E-state index contributed by atoms with van der Waals surface area (Å²) < 4.78 is 10.0. The van der Waals surface area contributed by atoms with E-state index >= 15 is 0 Å². The van der Waals surface area contributed by atoms with Crippen molar-refractivity contribution in [3.05, 3.63) is 33.9 Å². The molecule has 116 valence electrons. The molecule has 8 heteroatoms. The zero-order valence-electron chi connectivity index (χ0n) is 11.8. The van der Waals surface area contributed by atoms with Crippen LogP contribution in [0, 0.1) is 10.1 Å². The fourth-order valence-corrected chi connectivity index (χ4v) is 2.04. The van der Waals surface area contributed by atoms with Gasteiger partial charge in [-0.15, -0.1) is 11.6 Å². The van der Waals surface area contributed by atoms with E-state index in [0.717, 1.165) is 0 Å². The van der Waals surface area contributed by atoms with E-state index in [1.165, 1.54) is 32.4 Å². The Labute approximate surface area is 127 Å². The molecule has 21 heavy (non-hydrogen) atoms. The number of ether oxygens (including phenoxy) is 2. The molecule has 0 saturated carbocycles.